The van der Waals surface area contributed by atoms with Gasteiger partial charge in [-0.3, -0.25) is 9.59 Å². The first-order valence-electron chi connectivity index (χ1n) is 10.8. The lowest BCUT2D eigenvalue weighted by molar-refractivity contribution is -0.234. The molecule has 0 N–H and O–H groups in total. The van der Waals surface area contributed by atoms with Crippen molar-refractivity contribution < 1.29 is 56.4 Å². The van der Waals surface area contributed by atoms with Crippen LogP contribution in [0.5, 0.6) is 0 Å². The molecule has 2 aliphatic heterocycles. The predicted octanol–water partition coefficient (Wildman–Crippen LogP) is 3.10. The molecule has 2 rings (SSSR count). The molecule has 13 heteroatoms. The first-order chi connectivity index (χ1) is 16.0. The molecule has 0 spiro atoms. The van der Waals surface area contributed by atoms with Gasteiger partial charge in [-0.25, -0.2) is 13.6 Å². The van der Waals surface area contributed by atoms with Crippen molar-refractivity contribution in [1.82, 2.24) is 0 Å². The standard InChI is InChI=1S/C11H17FO5.C10H16BrFO3.CO2/c1-5-6(2)9(11(14)15-4)17-10(12)8(5)16-7(3)13;1-5-6(2)10(4,11)15-9(12)8(5)14-7(3)13;2-1-3/h5-6,8-10H,1-4H3;5-6,8-9H,1-4H3;. The van der Waals surface area contributed by atoms with E-state index in [9.17, 15) is 23.2 Å². The van der Waals surface area contributed by atoms with Gasteiger partial charge in [0.05, 0.1) is 7.11 Å². The minimum atomic E-state index is -1.81. The molecule has 0 aliphatic carbocycles. The molecule has 0 aromatic rings. The van der Waals surface area contributed by atoms with Crippen molar-refractivity contribution in [1.29, 1.82) is 0 Å². The Morgan fingerprint density at radius 3 is 1.71 bits per heavy atom. The average Bonchev–Trinajstić information content (AvgIpc) is 2.75. The Labute approximate surface area is 211 Å². The van der Waals surface area contributed by atoms with E-state index >= 15 is 0 Å². The Hall–Kier alpha value is -1.95. The number of carbonyl (C=O) groups is 3. The second kappa shape index (κ2) is 14.6. The number of halogens is 3. The molecule has 0 radical (unpaired) electrons. The van der Waals surface area contributed by atoms with Crippen LogP contribution < -0.4 is 0 Å². The molecule has 2 fully saturated rings. The summed E-state index contributed by atoms with van der Waals surface area (Å²) in [7, 11) is 1.22. The number of alkyl halides is 3. The minimum Gasteiger partial charge on any atom is -0.467 e. The SMILES string of the molecule is CC(=O)OC1C(F)OC(C)(Br)C(C)C1C.COC(=O)C1OC(F)C(OC(C)=O)C(C)C1C.O=C=O. The fraction of sp³-hybridized carbons (Fsp3) is 0.818. The molecule has 0 aromatic carbocycles. The fourth-order valence-electron chi connectivity index (χ4n) is 3.63. The van der Waals surface area contributed by atoms with Crippen LogP contribution >= 0.6 is 15.9 Å². The quantitative estimate of drug-likeness (QED) is 0.281. The summed E-state index contributed by atoms with van der Waals surface area (Å²) in [6.07, 6.45) is -5.90. The molecule has 10 unspecified atom stereocenters. The van der Waals surface area contributed by atoms with E-state index in [4.69, 9.17) is 28.5 Å². The van der Waals surface area contributed by atoms with Crippen LogP contribution in [0.4, 0.5) is 8.78 Å². The van der Waals surface area contributed by atoms with Crippen molar-refractivity contribution in [2.24, 2.45) is 23.7 Å². The Bertz CT molecular complexity index is 759. The van der Waals surface area contributed by atoms with Gasteiger partial charge in [0.2, 0.25) is 12.7 Å². The van der Waals surface area contributed by atoms with E-state index in [-0.39, 0.29) is 29.8 Å². The van der Waals surface area contributed by atoms with Crippen LogP contribution in [0.2, 0.25) is 0 Å². The van der Waals surface area contributed by atoms with Crippen LogP contribution in [0, 0.1) is 23.7 Å². The van der Waals surface area contributed by atoms with Crippen LogP contribution in [-0.2, 0) is 47.7 Å². The summed E-state index contributed by atoms with van der Waals surface area (Å²) >= 11 is 3.33. The summed E-state index contributed by atoms with van der Waals surface area (Å²) in [5, 5.41) is 0. The van der Waals surface area contributed by atoms with Gasteiger partial charge < -0.3 is 23.7 Å². The van der Waals surface area contributed by atoms with Gasteiger partial charge in [-0.05, 0) is 12.8 Å². The number of hydrogen-bond acceptors (Lipinski definition) is 10. The zero-order valence-corrected chi connectivity index (χ0v) is 22.5. The van der Waals surface area contributed by atoms with Crippen molar-refractivity contribution in [3.8, 4) is 0 Å². The predicted molar refractivity (Wildman–Crippen MR) is 118 cm³/mol. The number of ether oxygens (including phenoxy) is 5. The Balaban J connectivity index is 0.000000597. The zero-order valence-electron chi connectivity index (χ0n) is 20.9. The van der Waals surface area contributed by atoms with Gasteiger partial charge in [-0.2, -0.15) is 9.59 Å². The van der Waals surface area contributed by atoms with Crippen LogP contribution in [0.25, 0.3) is 0 Å². The summed E-state index contributed by atoms with van der Waals surface area (Å²) in [6, 6.07) is 0. The molecule has 0 bridgehead atoms. The third kappa shape index (κ3) is 9.55. The van der Waals surface area contributed by atoms with Crippen LogP contribution in [-0.4, -0.2) is 66.7 Å². The topological polar surface area (TPSA) is 132 Å². The van der Waals surface area contributed by atoms with E-state index in [2.05, 4.69) is 20.7 Å². The summed E-state index contributed by atoms with van der Waals surface area (Å²) in [4.78, 5) is 49.3. The summed E-state index contributed by atoms with van der Waals surface area (Å²) in [6.45, 7) is 11.5. The van der Waals surface area contributed by atoms with Gasteiger partial charge in [-0.15, -0.1) is 0 Å². The third-order valence-electron chi connectivity index (χ3n) is 6.12. The first kappa shape index (κ1) is 33.0. The number of esters is 3. The summed E-state index contributed by atoms with van der Waals surface area (Å²) in [5.74, 6) is -2.34. The minimum absolute atomic E-state index is 0.0499. The van der Waals surface area contributed by atoms with Crippen LogP contribution in [0.15, 0.2) is 0 Å². The number of rotatable bonds is 3. The Morgan fingerprint density at radius 1 is 0.886 bits per heavy atom. The molecule has 10 nitrogen and oxygen atoms in total. The third-order valence-corrected chi connectivity index (χ3v) is 7.03. The highest BCUT2D eigenvalue weighted by Crippen LogP contribution is 2.43. The first-order valence-corrected chi connectivity index (χ1v) is 11.6. The molecule has 202 valence electrons. The lowest BCUT2D eigenvalue weighted by Gasteiger charge is -2.44. The van der Waals surface area contributed by atoms with Gasteiger partial charge in [0.15, 0.2) is 18.3 Å². The van der Waals surface area contributed by atoms with Crippen LogP contribution in [0.1, 0.15) is 48.5 Å². The van der Waals surface area contributed by atoms with Gasteiger partial charge in [-0.1, -0.05) is 43.6 Å². The molecular weight excluding hydrogens is 542 g/mol. The average molecular weight is 575 g/mol. The van der Waals surface area contributed by atoms with E-state index in [0.717, 1.165) is 0 Å². The van der Waals surface area contributed by atoms with Gasteiger partial charge >= 0.3 is 24.1 Å². The largest absolute Gasteiger partial charge is 0.467 e. The van der Waals surface area contributed by atoms with Crippen molar-refractivity contribution in [2.45, 2.75) is 84.0 Å². The van der Waals surface area contributed by atoms with Crippen molar-refractivity contribution in [2.75, 3.05) is 7.11 Å². The number of carbonyl (C=O) groups excluding carboxylic acids is 5. The summed E-state index contributed by atoms with van der Waals surface area (Å²) < 4.78 is 50.9. The van der Waals surface area contributed by atoms with Gasteiger partial charge in [0.25, 0.3) is 0 Å². The second-order valence-corrected chi connectivity index (χ2v) is 10.1. The van der Waals surface area contributed by atoms with E-state index in [1.54, 1.807) is 20.8 Å². The maximum atomic E-state index is 13.7. The zero-order chi connectivity index (χ0) is 27.7. The van der Waals surface area contributed by atoms with E-state index < -0.39 is 53.4 Å². The molecule has 0 aromatic heterocycles. The molecule has 2 saturated heterocycles. The molecular formula is C22H33BrF2O10. The Morgan fingerprint density at radius 2 is 1.31 bits per heavy atom. The van der Waals surface area contributed by atoms with Crippen molar-refractivity contribution in [3.63, 3.8) is 0 Å². The molecule has 0 saturated carbocycles. The molecule has 0 amide bonds. The molecule has 10 atom stereocenters. The van der Waals surface area contributed by atoms with E-state index in [1.807, 2.05) is 13.8 Å². The smallest absolute Gasteiger partial charge is 0.373 e. The highest BCUT2D eigenvalue weighted by molar-refractivity contribution is 9.10. The highest BCUT2D eigenvalue weighted by atomic mass is 79.9. The Kier molecular flexibility index (Phi) is 13.8. The normalized spacial score (nSPS) is 38.2. The van der Waals surface area contributed by atoms with Gasteiger partial charge in [0, 0.05) is 31.6 Å². The maximum absolute atomic E-state index is 13.7. The monoisotopic (exact) mass is 574 g/mol. The lowest BCUT2D eigenvalue weighted by atomic mass is 9.83. The van der Waals surface area contributed by atoms with E-state index in [0.29, 0.717) is 0 Å². The number of hydrogen-bond donors (Lipinski definition) is 0. The molecule has 35 heavy (non-hydrogen) atoms. The lowest BCUT2D eigenvalue weighted by Crippen LogP contribution is -2.52. The van der Waals surface area contributed by atoms with Crippen molar-refractivity contribution in [3.05, 3.63) is 0 Å². The van der Waals surface area contributed by atoms with Gasteiger partial charge in [0.1, 0.15) is 4.51 Å². The molecule has 2 aliphatic rings. The second-order valence-electron chi connectivity index (χ2n) is 8.48. The summed E-state index contributed by atoms with van der Waals surface area (Å²) in [5.41, 5.74) is 0. The molecule has 2 heterocycles. The van der Waals surface area contributed by atoms with E-state index in [1.165, 1.54) is 21.0 Å². The fourth-order valence-corrected chi connectivity index (χ4v) is 4.23. The van der Waals surface area contributed by atoms with Crippen molar-refractivity contribution >= 4 is 40.0 Å². The van der Waals surface area contributed by atoms with Crippen LogP contribution in [0.3, 0.4) is 0 Å². The number of methoxy groups -OCH3 is 1. The highest BCUT2D eigenvalue weighted by Gasteiger charge is 2.49. The maximum Gasteiger partial charge on any atom is 0.373 e.